The molecule has 0 spiro atoms. The van der Waals surface area contributed by atoms with Gasteiger partial charge in [0.05, 0.1) is 17.9 Å². The summed E-state index contributed by atoms with van der Waals surface area (Å²) < 4.78 is 5.29. The topological polar surface area (TPSA) is 67.3 Å². The third-order valence-electron chi connectivity index (χ3n) is 4.39. The number of rotatable bonds is 6. The maximum atomic E-state index is 12.3. The maximum absolute atomic E-state index is 12.3. The molecule has 0 aromatic carbocycles. The number of anilines is 1. The van der Waals surface area contributed by atoms with Crippen molar-refractivity contribution in [3.63, 3.8) is 0 Å². The summed E-state index contributed by atoms with van der Waals surface area (Å²) in [6.45, 7) is 10.1. The van der Waals surface area contributed by atoms with Gasteiger partial charge < -0.3 is 4.74 Å². The zero-order valence-electron chi connectivity index (χ0n) is 15.6. The van der Waals surface area contributed by atoms with E-state index >= 15 is 0 Å². The van der Waals surface area contributed by atoms with E-state index in [0.717, 1.165) is 37.2 Å². The molecule has 2 atom stereocenters. The number of likely N-dealkylation sites (tertiary alicyclic amines) is 1. The predicted octanol–water partition coefficient (Wildman–Crippen LogP) is 3.67. The average Bonchev–Trinajstić information content (AvgIpc) is 3.01. The Morgan fingerprint density at radius 1 is 1.35 bits per heavy atom. The van der Waals surface area contributed by atoms with Gasteiger partial charge in [0.25, 0.3) is 5.91 Å². The number of ether oxygens (including phenoxy) is 1. The van der Waals surface area contributed by atoms with Crippen molar-refractivity contribution < 1.29 is 9.53 Å². The summed E-state index contributed by atoms with van der Waals surface area (Å²) in [6, 6.07) is 3.41. The molecule has 140 valence electrons. The molecule has 1 amide bonds. The Bertz CT molecular complexity index is 721. The normalized spacial score (nSPS) is 20.7. The van der Waals surface area contributed by atoms with Gasteiger partial charge in [-0.2, -0.15) is 0 Å². The third-order valence-corrected chi connectivity index (χ3v) is 5.20. The number of pyridine rings is 1. The Labute approximate surface area is 158 Å². The first kappa shape index (κ1) is 18.8. The number of nitrogens with zero attached hydrogens (tertiary/aromatic N) is 3. The molecule has 0 aliphatic carbocycles. The van der Waals surface area contributed by atoms with Gasteiger partial charge >= 0.3 is 0 Å². The van der Waals surface area contributed by atoms with Gasteiger partial charge in [-0.05, 0) is 31.2 Å². The first-order valence-corrected chi connectivity index (χ1v) is 9.98. The highest BCUT2D eigenvalue weighted by Gasteiger charge is 2.22. The lowest BCUT2D eigenvalue weighted by atomic mass is 9.92. The van der Waals surface area contributed by atoms with Crippen LogP contribution in [0.4, 0.5) is 5.13 Å². The largest absolute Gasteiger partial charge is 0.478 e. The van der Waals surface area contributed by atoms with Crippen molar-refractivity contribution in [3.8, 4) is 5.88 Å². The first-order chi connectivity index (χ1) is 12.5. The van der Waals surface area contributed by atoms with Crippen LogP contribution in [0.5, 0.6) is 5.88 Å². The fraction of sp³-hybridized carbons (Fsp3) is 0.526. The molecule has 2 aromatic heterocycles. The lowest BCUT2D eigenvalue weighted by Crippen LogP contribution is -2.38. The van der Waals surface area contributed by atoms with E-state index in [9.17, 15) is 4.79 Å². The van der Waals surface area contributed by atoms with E-state index in [2.05, 4.69) is 34.0 Å². The van der Waals surface area contributed by atoms with Gasteiger partial charge in [0.1, 0.15) is 0 Å². The van der Waals surface area contributed by atoms with Gasteiger partial charge in [-0.1, -0.05) is 13.8 Å². The molecule has 3 rings (SSSR count). The van der Waals surface area contributed by atoms with Gasteiger partial charge in [0.15, 0.2) is 5.13 Å². The summed E-state index contributed by atoms with van der Waals surface area (Å²) in [5.74, 6) is 1.76. The van der Waals surface area contributed by atoms with Crippen LogP contribution in [0.3, 0.4) is 0 Å². The highest BCUT2D eigenvalue weighted by atomic mass is 32.1. The highest BCUT2D eigenvalue weighted by Crippen LogP contribution is 2.24. The molecule has 1 N–H and O–H groups in total. The second-order valence-electron chi connectivity index (χ2n) is 7.06. The number of piperidine rings is 1. The van der Waals surface area contributed by atoms with Crippen molar-refractivity contribution in [2.45, 2.75) is 33.7 Å². The molecule has 0 saturated carbocycles. The summed E-state index contributed by atoms with van der Waals surface area (Å²) in [4.78, 5) is 23.5. The number of carbonyl (C=O) groups excluding carboxylic acids is 1. The van der Waals surface area contributed by atoms with Crippen molar-refractivity contribution in [2.75, 3.05) is 25.0 Å². The van der Waals surface area contributed by atoms with Gasteiger partial charge in [0.2, 0.25) is 5.88 Å². The second kappa shape index (κ2) is 8.60. The molecule has 1 aliphatic rings. The number of carbonyl (C=O) groups is 1. The zero-order valence-corrected chi connectivity index (χ0v) is 16.4. The maximum Gasteiger partial charge on any atom is 0.259 e. The highest BCUT2D eigenvalue weighted by molar-refractivity contribution is 7.13. The zero-order chi connectivity index (χ0) is 18.5. The Hall–Kier alpha value is -1.99. The molecule has 1 aliphatic heterocycles. The van der Waals surface area contributed by atoms with Crippen LogP contribution in [0.1, 0.15) is 43.2 Å². The second-order valence-corrected chi connectivity index (χ2v) is 7.91. The fourth-order valence-electron chi connectivity index (χ4n) is 3.50. The molecule has 0 bridgehead atoms. The average molecular weight is 375 g/mol. The van der Waals surface area contributed by atoms with E-state index in [0.29, 0.717) is 23.2 Å². The standard InChI is InChI=1S/C19H26N4O2S/c1-4-25-17-6-5-15(8-20-17)18(24)22-19-21-16(12-26-19)11-23-9-13(2)7-14(3)10-23/h5-6,8,12-14H,4,7,9-11H2,1-3H3,(H,21,22,24)/t13-,14+. The summed E-state index contributed by atoms with van der Waals surface area (Å²) in [6.07, 6.45) is 2.82. The van der Waals surface area contributed by atoms with Crippen LogP contribution >= 0.6 is 11.3 Å². The van der Waals surface area contributed by atoms with Crippen molar-refractivity contribution in [3.05, 3.63) is 35.0 Å². The molecular formula is C19H26N4O2S. The van der Waals surface area contributed by atoms with E-state index in [1.54, 1.807) is 12.1 Å². The molecule has 26 heavy (non-hydrogen) atoms. The van der Waals surface area contributed by atoms with Crippen molar-refractivity contribution >= 4 is 22.4 Å². The van der Waals surface area contributed by atoms with E-state index in [1.165, 1.54) is 24.0 Å². The molecule has 1 fully saturated rings. The van der Waals surface area contributed by atoms with Crippen molar-refractivity contribution in [1.82, 2.24) is 14.9 Å². The minimum Gasteiger partial charge on any atom is -0.478 e. The summed E-state index contributed by atoms with van der Waals surface area (Å²) >= 11 is 1.46. The molecule has 7 heteroatoms. The molecule has 0 radical (unpaired) electrons. The van der Waals surface area contributed by atoms with Crippen LogP contribution in [-0.4, -0.2) is 40.5 Å². The monoisotopic (exact) mass is 374 g/mol. The van der Waals surface area contributed by atoms with Gasteiger partial charge in [0, 0.05) is 37.3 Å². The Morgan fingerprint density at radius 2 is 2.12 bits per heavy atom. The molecule has 6 nitrogen and oxygen atoms in total. The number of hydrogen-bond acceptors (Lipinski definition) is 6. The Balaban J connectivity index is 1.56. The summed E-state index contributed by atoms with van der Waals surface area (Å²) in [5, 5.41) is 5.50. The number of hydrogen-bond donors (Lipinski definition) is 1. The number of nitrogens with one attached hydrogen (secondary N) is 1. The van der Waals surface area contributed by atoms with E-state index < -0.39 is 0 Å². The van der Waals surface area contributed by atoms with Crippen LogP contribution in [0.15, 0.2) is 23.7 Å². The molecule has 0 unspecified atom stereocenters. The predicted molar refractivity (Wildman–Crippen MR) is 104 cm³/mol. The van der Waals surface area contributed by atoms with Gasteiger partial charge in [-0.3, -0.25) is 15.0 Å². The third kappa shape index (κ3) is 5.02. The van der Waals surface area contributed by atoms with Crippen molar-refractivity contribution in [1.29, 1.82) is 0 Å². The lowest BCUT2D eigenvalue weighted by Gasteiger charge is -2.34. The van der Waals surface area contributed by atoms with Crippen molar-refractivity contribution in [2.24, 2.45) is 11.8 Å². The van der Waals surface area contributed by atoms with Crippen LogP contribution in [0.25, 0.3) is 0 Å². The minimum atomic E-state index is -0.207. The molecule has 3 heterocycles. The molecule has 1 saturated heterocycles. The lowest BCUT2D eigenvalue weighted by molar-refractivity contribution is 0.102. The first-order valence-electron chi connectivity index (χ1n) is 9.10. The van der Waals surface area contributed by atoms with Crippen LogP contribution in [0, 0.1) is 11.8 Å². The van der Waals surface area contributed by atoms with Crippen LogP contribution in [-0.2, 0) is 6.54 Å². The van der Waals surface area contributed by atoms with Crippen LogP contribution in [0.2, 0.25) is 0 Å². The Kier molecular flexibility index (Phi) is 6.21. The Morgan fingerprint density at radius 3 is 2.77 bits per heavy atom. The summed E-state index contributed by atoms with van der Waals surface area (Å²) in [7, 11) is 0. The van der Waals surface area contributed by atoms with Gasteiger partial charge in [-0.25, -0.2) is 9.97 Å². The van der Waals surface area contributed by atoms with Gasteiger partial charge in [-0.15, -0.1) is 11.3 Å². The fourth-order valence-corrected chi connectivity index (χ4v) is 4.20. The smallest absolute Gasteiger partial charge is 0.259 e. The van der Waals surface area contributed by atoms with E-state index in [4.69, 9.17) is 4.74 Å². The SMILES string of the molecule is CCOc1ccc(C(=O)Nc2nc(CN3C[C@H](C)C[C@H](C)C3)cs2)cn1. The van der Waals surface area contributed by atoms with Crippen LogP contribution < -0.4 is 10.1 Å². The molecule has 2 aromatic rings. The summed E-state index contributed by atoms with van der Waals surface area (Å²) in [5.41, 5.74) is 1.50. The minimum absolute atomic E-state index is 0.207. The number of aromatic nitrogens is 2. The number of amides is 1. The van der Waals surface area contributed by atoms with E-state index in [1.807, 2.05) is 12.3 Å². The quantitative estimate of drug-likeness (QED) is 0.836. The van der Waals surface area contributed by atoms with E-state index in [-0.39, 0.29) is 5.91 Å². The molecular weight excluding hydrogens is 348 g/mol. The number of thiazole rings is 1.